The van der Waals surface area contributed by atoms with Gasteiger partial charge in [-0.2, -0.15) is 0 Å². The van der Waals surface area contributed by atoms with E-state index in [1.54, 1.807) is 0 Å². The average Bonchev–Trinajstić information content (AvgIpc) is 2.78. The highest BCUT2D eigenvalue weighted by atomic mass is 79.9. The van der Waals surface area contributed by atoms with Crippen LogP contribution in [-0.2, 0) is 0 Å². The van der Waals surface area contributed by atoms with Crippen LogP contribution in [-0.4, -0.2) is 15.5 Å². The van der Waals surface area contributed by atoms with Crippen molar-refractivity contribution in [3.63, 3.8) is 0 Å². The number of carbonyl (C=O) groups is 1. The van der Waals surface area contributed by atoms with Gasteiger partial charge in [-0.3, -0.25) is 4.79 Å². The molecule has 2 rings (SSSR count). The number of hydrogen-bond acceptors (Lipinski definition) is 5. The highest BCUT2D eigenvalue weighted by Crippen LogP contribution is 2.28. The van der Waals surface area contributed by atoms with Crippen molar-refractivity contribution in [1.29, 1.82) is 0 Å². The molecule has 0 fully saturated rings. The number of rotatable bonds is 2. The summed E-state index contributed by atoms with van der Waals surface area (Å²) in [5.41, 5.74) is 1.06. The largest absolute Gasteiger partial charge is 0.310 e. The van der Waals surface area contributed by atoms with E-state index in [0.717, 1.165) is 20.9 Å². The molecular formula is C8H6BrN3OS2. The molecule has 2 heterocycles. The summed E-state index contributed by atoms with van der Waals surface area (Å²) in [5, 5.41) is 7.02. The van der Waals surface area contributed by atoms with Crippen molar-refractivity contribution < 1.29 is 4.79 Å². The molecule has 0 aliphatic heterocycles. The third-order valence-corrected chi connectivity index (χ3v) is 4.39. The first-order chi connectivity index (χ1) is 7.16. The monoisotopic (exact) mass is 303 g/mol. The van der Waals surface area contributed by atoms with Crippen LogP contribution in [0.1, 0.15) is 15.2 Å². The quantitative estimate of drug-likeness (QED) is 0.928. The number of aromatic nitrogens is 2. The Balaban J connectivity index is 2.15. The van der Waals surface area contributed by atoms with Gasteiger partial charge in [-0.1, -0.05) is 4.49 Å². The van der Waals surface area contributed by atoms with Gasteiger partial charge >= 0.3 is 0 Å². The molecule has 0 radical (unpaired) electrons. The van der Waals surface area contributed by atoms with Gasteiger partial charge in [0, 0.05) is 11.5 Å². The third-order valence-electron chi connectivity index (χ3n) is 1.68. The second-order valence-electron chi connectivity index (χ2n) is 2.80. The van der Waals surface area contributed by atoms with Gasteiger partial charge in [0.25, 0.3) is 5.91 Å². The lowest BCUT2D eigenvalue weighted by molar-refractivity contribution is 0.103. The Bertz CT molecular complexity index is 461. The maximum Gasteiger partial charge on any atom is 0.266 e. The molecule has 7 heteroatoms. The van der Waals surface area contributed by atoms with Gasteiger partial charge in [0.2, 0.25) is 0 Å². The lowest BCUT2D eigenvalue weighted by Gasteiger charge is -1.96. The molecular weight excluding hydrogens is 298 g/mol. The molecule has 78 valence electrons. The highest BCUT2D eigenvalue weighted by molar-refractivity contribution is 9.11. The van der Waals surface area contributed by atoms with Crippen LogP contribution in [0.5, 0.6) is 0 Å². The van der Waals surface area contributed by atoms with E-state index in [9.17, 15) is 4.79 Å². The van der Waals surface area contributed by atoms with Crippen molar-refractivity contribution >= 4 is 49.7 Å². The zero-order valence-electron chi connectivity index (χ0n) is 7.65. The number of halogens is 1. The van der Waals surface area contributed by atoms with Gasteiger partial charge in [0.1, 0.15) is 5.00 Å². The van der Waals surface area contributed by atoms with E-state index in [0.29, 0.717) is 9.88 Å². The summed E-state index contributed by atoms with van der Waals surface area (Å²) in [6.45, 7) is 1.95. The normalized spacial score (nSPS) is 10.3. The van der Waals surface area contributed by atoms with Gasteiger partial charge in [-0.05, 0) is 34.5 Å². The van der Waals surface area contributed by atoms with Crippen LogP contribution in [0.4, 0.5) is 5.00 Å². The Morgan fingerprint density at radius 3 is 2.93 bits per heavy atom. The van der Waals surface area contributed by atoms with Gasteiger partial charge in [0.15, 0.2) is 0 Å². The standard InChI is InChI=1S/C8H6BrN3OS2/c1-4-2-5(14-7(4)9)8(13)11-6-3-10-12-15-6/h2-3H,1H3,(H,11,13). The minimum absolute atomic E-state index is 0.125. The molecule has 0 spiro atoms. The first-order valence-electron chi connectivity index (χ1n) is 4.01. The summed E-state index contributed by atoms with van der Waals surface area (Å²) >= 11 is 5.95. The number of nitrogens with zero attached hydrogens (tertiary/aromatic N) is 2. The van der Waals surface area contributed by atoms with Crippen molar-refractivity contribution in [2.45, 2.75) is 6.92 Å². The average molecular weight is 304 g/mol. The Morgan fingerprint density at radius 1 is 1.60 bits per heavy atom. The molecule has 0 aliphatic rings. The smallest absolute Gasteiger partial charge is 0.266 e. The zero-order chi connectivity index (χ0) is 10.8. The van der Waals surface area contributed by atoms with Crippen molar-refractivity contribution in [2.24, 2.45) is 0 Å². The molecule has 0 aliphatic carbocycles. The molecule has 0 saturated heterocycles. The number of aryl methyl sites for hydroxylation is 1. The maximum absolute atomic E-state index is 11.7. The number of carbonyl (C=O) groups excluding carboxylic acids is 1. The van der Waals surface area contributed by atoms with E-state index in [-0.39, 0.29) is 5.91 Å². The maximum atomic E-state index is 11.7. The van der Waals surface area contributed by atoms with Gasteiger partial charge in [-0.15, -0.1) is 16.4 Å². The fourth-order valence-electron chi connectivity index (χ4n) is 0.967. The predicted octanol–water partition coefficient (Wildman–Crippen LogP) is 2.92. The summed E-state index contributed by atoms with van der Waals surface area (Å²) in [6, 6.07) is 1.85. The molecule has 15 heavy (non-hydrogen) atoms. The third kappa shape index (κ3) is 2.42. The van der Waals surface area contributed by atoms with Crippen LogP contribution in [0, 0.1) is 6.92 Å². The molecule has 4 nitrogen and oxygen atoms in total. The highest BCUT2D eigenvalue weighted by Gasteiger charge is 2.11. The summed E-state index contributed by atoms with van der Waals surface area (Å²) in [7, 11) is 0. The van der Waals surface area contributed by atoms with Crippen LogP contribution in [0.15, 0.2) is 16.0 Å². The van der Waals surface area contributed by atoms with E-state index >= 15 is 0 Å². The second-order valence-corrected chi connectivity index (χ2v) is 5.96. The van der Waals surface area contributed by atoms with Crippen LogP contribution in [0.3, 0.4) is 0 Å². The molecule has 2 aromatic heterocycles. The van der Waals surface area contributed by atoms with Crippen LogP contribution < -0.4 is 5.32 Å². The van der Waals surface area contributed by atoms with Gasteiger partial charge in [0.05, 0.1) is 14.9 Å². The summed E-state index contributed by atoms with van der Waals surface area (Å²) in [5.74, 6) is -0.125. The molecule has 1 amide bonds. The summed E-state index contributed by atoms with van der Waals surface area (Å²) in [4.78, 5) is 12.4. The zero-order valence-corrected chi connectivity index (χ0v) is 10.9. The van der Waals surface area contributed by atoms with Crippen LogP contribution >= 0.6 is 38.8 Å². The number of thiophene rings is 1. The Labute approximate surface area is 103 Å². The fourth-order valence-corrected chi connectivity index (χ4v) is 2.81. The molecule has 2 aromatic rings. The van der Waals surface area contributed by atoms with E-state index in [1.165, 1.54) is 17.5 Å². The Hall–Kier alpha value is -0.790. The topological polar surface area (TPSA) is 54.9 Å². The van der Waals surface area contributed by atoms with Gasteiger partial charge in [-0.25, -0.2) is 0 Å². The van der Waals surface area contributed by atoms with Crippen LogP contribution in [0.2, 0.25) is 0 Å². The van der Waals surface area contributed by atoms with E-state index in [4.69, 9.17) is 0 Å². The van der Waals surface area contributed by atoms with Gasteiger partial charge < -0.3 is 5.32 Å². The SMILES string of the molecule is Cc1cc(C(=O)Nc2cnns2)sc1Br. The summed E-state index contributed by atoms with van der Waals surface area (Å²) < 4.78 is 4.64. The number of anilines is 1. The molecule has 0 aromatic carbocycles. The first kappa shape index (κ1) is 10.7. The lowest BCUT2D eigenvalue weighted by atomic mass is 10.3. The molecule has 0 saturated carbocycles. The minimum atomic E-state index is -0.125. The second kappa shape index (κ2) is 4.38. The lowest BCUT2D eigenvalue weighted by Crippen LogP contribution is -2.08. The van der Waals surface area contributed by atoms with Crippen molar-refractivity contribution in [3.05, 3.63) is 26.5 Å². The minimum Gasteiger partial charge on any atom is -0.310 e. The number of nitrogens with one attached hydrogen (secondary N) is 1. The number of hydrogen-bond donors (Lipinski definition) is 1. The molecule has 0 unspecified atom stereocenters. The van der Waals surface area contributed by atoms with Crippen molar-refractivity contribution in [3.8, 4) is 0 Å². The molecule has 0 atom stereocenters. The van der Waals surface area contributed by atoms with Crippen molar-refractivity contribution in [2.75, 3.05) is 5.32 Å². The molecule has 1 N–H and O–H groups in total. The Kier molecular flexibility index (Phi) is 3.13. The van der Waals surface area contributed by atoms with E-state index < -0.39 is 0 Å². The predicted molar refractivity (Wildman–Crippen MR) is 64.6 cm³/mol. The molecule has 0 bridgehead atoms. The van der Waals surface area contributed by atoms with Crippen LogP contribution in [0.25, 0.3) is 0 Å². The van der Waals surface area contributed by atoms with E-state index in [1.807, 2.05) is 13.0 Å². The fraction of sp³-hybridized carbons (Fsp3) is 0.125. The Morgan fingerprint density at radius 2 is 2.40 bits per heavy atom. The van der Waals surface area contributed by atoms with E-state index in [2.05, 4.69) is 30.8 Å². The number of amides is 1. The summed E-state index contributed by atoms with van der Waals surface area (Å²) in [6.07, 6.45) is 1.53. The first-order valence-corrected chi connectivity index (χ1v) is 6.40. The van der Waals surface area contributed by atoms with Crippen molar-refractivity contribution in [1.82, 2.24) is 9.59 Å².